The molecule has 1 unspecified atom stereocenters. The van der Waals surface area contributed by atoms with Crippen molar-refractivity contribution in [1.29, 1.82) is 0 Å². The average Bonchev–Trinajstić information content (AvgIpc) is 1.94. The highest BCUT2D eigenvalue weighted by Crippen LogP contribution is 2.31. The molecular weight excluding hydrogens is 186 g/mol. The molecule has 0 saturated carbocycles. The lowest BCUT2D eigenvalue weighted by Gasteiger charge is -2.30. The van der Waals surface area contributed by atoms with Crippen LogP contribution < -0.4 is 5.32 Å². The van der Waals surface area contributed by atoms with E-state index >= 15 is 0 Å². The topological polar surface area (TPSA) is 29.1 Å². The third kappa shape index (κ3) is 6.53. The van der Waals surface area contributed by atoms with Crippen LogP contribution in [0.3, 0.4) is 0 Å². The van der Waals surface area contributed by atoms with Crippen LogP contribution in [0, 0.1) is 11.3 Å². The molecule has 2 heteroatoms. The molecule has 1 N–H and O–H groups in total. The van der Waals surface area contributed by atoms with Gasteiger partial charge in [-0.25, -0.2) is 0 Å². The van der Waals surface area contributed by atoms with Gasteiger partial charge in [0, 0.05) is 12.0 Å². The maximum Gasteiger partial charge on any atom is 0.220 e. The molecular formula is C13H27NO. The Balaban J connectivity index is 4.27. The molecule has 0 bridgehead atoms. The molecule has 15 heavy (non-hydrogen) atoms. The Morgan fingerprint density at radius 2 is 1.60 bits per heavy atom. The zero-order valence-electron chi connectivity index (χ0n) is 11.4. The fourth-order valence-electron chi connectivity index (χ4n) is 1.76. The summed E-state index contributed by atoms with van der Waals surface area (Å²) in [4.78, 5) is 11.8. The van der Waals surface area contributed by atoms with E-state index in [1.807, 2.05) is 20.8 Å². The van der Waals surface area contributed by atoms with Crippen LogP contribution in [0.1, 0.15) is 61.3 Å². The van der Waals surface area contributed by atoms with Crippen molar-refractivity contribution in [3.63, 3.8) is 0 Å². The fourth-order valence-corrected chi connectivity index (χ4v) is 1.76. The molecule has 0 aromatic rings. The van der Waals surface area contributed by atoms with E-state index in [1.54, 1.807) is 0 Å². The summed E-state index contributed by atoms with van der Waals surface area (Å²) >= 11 is 0. The molecule has 0 aromatic heterocycles. The molecule has 2 nitrogen and oxygen atoms in total. The summed E-state index contributed by atoms with van der Waals surface area (Å²) in [5.41, 5.74) is 0.0945. The molecule has 90 valence electrons. The molecule has 0 aliphatic carbocycles. The minimum atomic E-state index is -0.118. The molecule has 1 atom stereocenters. The zero-order chi connectivity index (χ0) is 12.3. The van der Waals surface area contributed by atoms with Crippen LogP contribution in [0.25, 0.3) is 0 Å². The van der Waals surface area contributed by atoms with Gasteiger partial charge in [-0.05, 0) is 32.1 Å². The molecule has 0 spiro atoms. The second kappa shape index (κ2) is 5.00. The van der Waals surface area contributed by atoms with E-state index in [-0.39, 0.29) is 16.9 Å². The lowest BCUT2D eigenvalue weighted by molar-refractivity contribution is -0.124. The summed E-state index contributed by atoms with van der Waals surface area (Å²) in [5, 5.41) is 3.02. The fraction of sp³-hybridized carbons (Fsp3) is 0.923. The molecule has 0 fully saturated rings. The Morgan fingerprint density at radius 1 is 1.13 bits per heavy atom. The van der Waals surface area contributed by atoms with Crippen molar-refractivity contribution in [3.8, 4) is 0 Å². The number of carbonyl (C=O) groups is 1. The first kappa shape index (κ1) is 14.5. The monoisotopic (exact) mass is 213 g/mol. The third-order valence-corrected chi connectivity index (χ3v) is 2.66. The van der Waals surface area contributed by atoms with Crippen molar-refractivity contribution in [2.45, 2.75) is 66.8 Å². The number of hydrogen-bond donors (Lipinski definition) is 1. The summed E-state index contributed by atoms with van der Waals surface area (Å²) in [5.74, 6) is 0.629. The van der Waals surface area contributed by atoms with E-state index in [9.17, 15) is 4.79 Å². The van der Waals surface area contributed by atoms with Crippen molar-refractivity contribution in [1.82, 2.24) is 5.32 Å². The van der Waals surface area contributed by atoms with Crippen LogP contribution in [-0.4, -0.2) is 11.4 Å². The molecule has 0 aliphatic heterocycles. The van der Waals surface area contributed by atoms with Crippen molar-refractivity contribution >= 4 is 5.91 Å². The van der Waals surface area contributed by atoms with E-state index in [0.29, 0.717) is 12.3 Å². The Labute approximate surface area is 94.8 Å². The molecule has 0 rings (SSSR count). The van der Waals surface area contributed by atoms with Gasteiger partial charge < -0.3 is 5.32 Å². The molecule has 0 saturated heterocycles. The molecule has 1 amide bonds. The molecule has 0 aromatic carbocycles. The first-order valence-corrected chi connectivity index (χ1v) is 5.87. The number of rotatable bonds is 3. The van der Waals surface area contributed by atoms with Crippen molar-refractivity contribution in [2.24, 2.45) is 11.3 Å². The van der Waals surface area contributed by atoms with E-state index in [1.165, 1.54) is 0 Å². The van der Waals surface area contributed by atoms with E-state index in [0.717, 1.165) is 6.42 Å². The van der Waals surface area contributed by atoms with Gasteiger partial charge in [0.15, 0.2) is 0 Å². The van der Waals surface area contributed by atoms with Gasteiger partial charge in [-0.3, -0.25) is 4.79 Å². The summed E-state index contributed by atoms with van der Waals surface area (Å²) in [7, 11) is 0. The minimum Gasteiger partial charge on any atom is -0.352 e. The second-order valence-electron chi connectivity index (χ2n) is 6.47. The normalized spacial score (nSPS) is 14.9. The first-order chi connectivity index (χ1) is 6.56. The number of hydrogen-bond acceptors (Lipinski definition) is 1. The van der Waals surface area contributed by atoms with Gasteiger partial charge in [0.05, 0.1) is 0 Å². The third-order valence-electron chi connectivity index (χ3n) is 2.66. The van der Waals surface area contributed by atoms with Gasteiger partial charge in [0.1, 0.15) is 0 Å². The SMILES string of the molecule is CCC(CC(=O)NC(C)(C)C)C(C)(C)C. The molecule has 0 aliphatic rings. The summed E-state index contributed by atoms with van der Waals surface area (Å²) < 4.78 is 0. The van der Waals surface area contributed by atoms with Gasteiger partial charge in [-0.15, -0.1) is 0 Å². The largest absolute Gasteiger partial charge is 0.352 e. The molecule has 0 radical (unpaired) electrons. The van der Waals surface area contributed by atoms with Crippen LogP contribution in [0.4, 0.5) is 0 Å². The van der Waals surface area contributed by atoms with Crippen molar-refractivity contribution < 1.29 is 4.79 Å². The van der Waals surface area contributed by atoms with Crippen LogP contribution in [0.5, 0.6) is 0 Å². The van der Waals surface area contributed by atoms with E-state index < -0.39 is 0 Å². The summed E-state index contributed by atoms with van der Waals surface area (Å²) in [6.07, 6.45) is 1.69. The van der Waals surface area contributed by atoms with Crippen LogP contribution >= 0.6 is 0 Å². The Morgan fingerprint density at radius 3 is 1.87 bits per heavy atom. The lowest BCUT2D eigenvalue weighted by Crippen LogP contribution is -2.42. The van der Waals surface area contributed by atoms with Gasteiger partial charge in [-0.2, -0.15) is 0 Å². The van der Waals surface area contributed by atoms with Crippen LogP contribution in [-0.2, 0) is 4.79 Å². The smallest absolute Gasteiger partial charge is 0.220 e. The maximum atomic E-state index is 11.8. The predicted octanol–water partition coefficient (Wildman–Crippen LogP) is 3.36. The highest BCUT2D eigenvalue weighted by Gasteiger charge is 2.26. The summed E-state index contributed by atoms with van der Waals surface area (Å²) in [6, 6.07) is 0. The standard InChI is InChI=1S/C13H27NO/c1-8-10(12(2,3)4)9-11(15)14-13(5,6)7/h10H,8-9H2,1-7H3,(H,14,15). The lowest BCUT2D eigenvalue weighted by atomic mass is 9.77. The van der Waals surface area contributed by atoms with Gasteiger partial charge in [-0.1, -0.05) is 34.1 Å². The van der Waals surface area contributed by atoms with Gasteiger partial charge in [0.25, 0.3) is 0 Å². The number of nitrogens with one attached hydrogen (secondary N) is 1. The van der Waals surface area contributed by atoms with Gasteiger partial charge in [0.2, 0.25) is 5.91 Å². The maximum absolute atomic E-state index is 11.8. The quantitative estimate of drug-likeness (QED) is 0.765. The summed E-state index contributed by atoms with van der Waals surface area (Å²) in [6.45, 7) is 14.8. The Hall–Kier alpha value is -0.530. The van der Waals surface area contributed by atoms with E-state index in [2.05, 4.69) is 33.0 Å². The zero-order valence-corrected chi connectivity index (χ0v) is 11.4. The first-order valence-electron chi connectivity index (χ1n) is 5.87. The van der Waals surface area contributed by atoms with Gasteiger partial charge >= 0.3 is 0 Å². The second-order valence-corrected chi connectivity index (χ2v) is 6.47. The number of carbonyl (C=O) groups excluding carboxylic acids is 1. The number of amides is 1. The average molecular weight is 213 g/mol. The highest BCUT2D eigenvalue weighted by molar-refractivity contribution is 5.76. The highest BCUT2D eigenvalue weighted by atomic mass is 16.1. The van der Waals surface area contributed by atoms with Crippen LogP contribution in [0.2, 0.25) is 0 Å². The van der Waals surface area contributed by atoms with Crippen molar-refractivity contribution in [2.75, 3.05) is 0 Å². The minimum absolute atomic E-state index is 0.118. The molecule has 0 heterocycles. The van der Waals surface area contributed by atoms with Crippen LogP contribution in [0.15, 0.2) is 0 Å². The predicted molar refractivity (Wildman–Crippen MR) is 65.7 cm³/mol. The van der Waals surface area contributed by atoms with E-state index in [4.69, 9.17) is 0 Å². The Bertz CT molecular complexity index is 208. The van der Waals surface area contributed by atoms with Crippen molar-refractivity contribution in [3.05, 3.63) is 0 Å². The Kier molecular flexibility index (Phi) is 4.82.